The van der Waals surface area contributed by atoms with Crippen molar-refractivity contribution in [1.29, 1.82) is 0 Å². The van der Waals surface area contributed by atoms with E-state index in [-0.39, 0.29) is 159 Å². The van der Waals surface area contributed by atoms with Gasteiger partial charge < -0.3 is 92.2 Å². The van der Waals surface area contributed by atoms with Crippen LogP contribution in [0, 0.1) is 10.8 Å². The summed E-state index contributed by atoms with van der Waals surface area (Å²) in [6.07, 6.45) is -3.11. The van der Waals surface area contributed by atoms with Crippen molar-refractivity contribution >= 4 is 0 Å². The Labute approximate surface area is 514 Å². The highest BCUT2D eigenvalue weighted by molar-refractivity contribution is 4.91. The fourth-order valence-electron chi connectivity index (χ4n) is 10.3. The lowest BCUT2D eigenvalue weighted by Crippen LogP contribution is -2.47. The standard InChI is InChI=1S/C61H118N6O19/c1-47-21-62(47)27-53(68)33-74-10-9-59(7,8)86-46-61(42-83-19-14-78-37-57(72)31-66-25-51(66)5,43-84-20-15-79-38-58(73)32-67-26-52(67)6)45-85-44-60(39-80-16-11-75-34-54(69)28-63-22-48(63)2,40-81-17-12-76-35-55(70)29-64-23-49(64)3)41-82-18-13-77-36-56(71)30-65-24-50(65)4/h47-58,68-73H,9-46H2,1-8H3. The van der Waals surface area contributed by atoms with Crippen LogP contribution in [-0.2, 0) is 61.6 Å². The summed E-state index contributed by atoms with van der Waals surface area (Å²) in [5, 5.41) is 63.7. The van der Waals surface area contributed by atoms with Gasteiger partial charge in [-0.25, -0.2) is 0 Å². The number of ether oxygens (including phenoxy) is 13. The Bertz CT molecular complexity index is 1670. The largest absolute Gasteiger partial charge is 0.389 e. The van der Waals surface area contributed by atoms with Crippen LogP contribution in [0.2, 0.25) is 0 Å². The molecule has 0 aliphatic carbocycles. The van der Waals surface area contributed by atoms with E-state index in [1.165, 1.54) is 0 Å². The van der Waals surface area contributed by atoms with Crippen molar-refractivity contribution in [3.05, 3.63) is 0 Å². The van der Waals surface area contributed by atoms with E-state index < -0.39 is 53.1 Å². The van der Waals surface area contributed by atoms with E-state index >= 15 is 0 Å². The molecule has 0 saturated carbocycles. The van der Waals surface area contributed by atoms with Gasteiger partial charge in [-0.1, -0.05) is 0 Å². The predicted octanol–water partition coefficient (Wildman–Crippen LogP) is -1.27. The average Bonchev–Trinajstić information content (AvgIpc) is 4.15. The van der Waals surface area contributed by atoms with Gasteiger partial charge in [0.2, 0.25) is 0 Å². The molecule has 6 heterocycles. The molecule has 18 unspecified atom stereocenters. The number of nitrogens with zero attached hydrogens (tertiary/aromatic N) is 6. The van der Waals surface area contributed by atoms with Crippen LogP contribution in [0.3, 0.4) is 0 Å². The first-order chi connectivity index (χ1) is 41.2. The molecule has 6 saturated heterocycles. The van der Waals surface area contributed by atoms with E-state index in [4.69, 9.17) is 61.6 Å². The quantitative estimate of drug-likeness (QED) is 0.0307. The van der Waals surface area contributed by atoms with Gasteiger partial charge in [-0.2, -0.15) is 0 Å². The molecule has 18 atom stereocenters. The van der Waals surface area contributed by atoms with Gasteiger partial charge in [0.05, 0.1) is 212 Å². The lowest BCUT2D eigenvalue weighted by molar-refractivity contribution is -0.165. The minimum absolute atomic E-state index is 0.0898. The fraction of sp³-hybridized carbons (Fsp3) is 1.00. The maximum atomic E-state index is 10.6. The fourth-order valence-corrected chi connectivity index (χ4v) is 10.3. The molecule has 6 aliphatic rings. The maximum absolute atomic E-state index is 10.6. The van der Waals surface area contributed by atoms with E-state index in [2.05, 4.69) is 70.9 Å². The van der Waals surface area contributed by atoms with Gasteiger partial charge >= 0.3 is 0 Å². The molecule has 0 aromatic carbocycles. The predicted molar refractivity (Wildman–Crippen MR) is 322 cm³/mol. The van der Waals surface area contributed by atoms with E-state index in [0.29, 0.717) is 88.5 Å². The molecule has 0 aromatic rings. The highest BCUT2D eigenvalue weighted by Gasteiger charge is 2.40. The van der Waals surface area contributed by atoms with Crippen molar-refractivity contribution in [3.63, 3.8) is 0 Å². The molecule has 6 fully saturated rings. The van der Waals surface area contributed by atoms with Crippen LogP contribution in [0.5, 0.6) is 0 Å². The Kier molecular flexibility index (Phi) is 33.5. The number of hydrogen-bond acceptors (Lipinski definition) is 25. The first-order valence-electron chi connectivity index (χ1n) is 32.3. The number of aliphatic hydroxyl groups is 6. The van der Waals surface area contributed by atoms with Gasteiger partial charge in [-0.05, 0) is 61.8 Å². The second-order valence-corrected chi connectivity index (χ2v) is 26.7. The topological polar surface area (TPSA) is 259 Å². The van der Waals surface area contributed by atoms with Crippen molar-refractivity contribution in [3.8, 4) is 0 Å². The van der Waals surface area contributed by atoms with Gasteiger partial charge in [0.15, 0.2) is 0 Å². The van der Waals surface area contributed by atoms with E-state index in [9.17, 15) is 30.6 Å². The summed E-state index contributed by atoms with van der Waals surface area (Å²) in [7, 11) is 0. The van der Waals surface area contributed by atoms with Gasteiger partial charge in [0.1, 0.15) is 0 Å². The van der Waals surface area contributed by atoms with Gasteiger partial charge in [0, 0.05) is 121 Å². The first kappa shape index (κ1) is 74.0. The van der Waals surface area contributed by atoms with Crippen molar-refractivity contribution < 1.29 is 92.2 Å². The molecule has 0 amide bonds. The number of β-amino-alcohol motifs (C(OH)–C–C–N with tert-alkyl or cyclic N) is 6. The monoisotopic (exact) mass is 1240 g/mol. The Hall–Kier alpha value is -1.00. The zero-order valence-electron chi connectivity index (χ0n) is 54.0. The van der Waals surface area contributed by atoms with Crippen molar-refractivity contribution in [2.45, 2.75) is 140 Å². The maximum Gasteiger partial charge on any atom is 0.0900 e. The molecule has 6 N–H and O–H groups in total. The zero-order chi connectivity index (χ0) is 62.0. The molecule has 25 nitrogen and oxygen atoms in total. The second-order valence-electron chi connectivity index (χ2n) is 26.7. The van der Waals surface area contributed by atoms with Crippen LogP contribution in [0.15, 0.2) is 0 Å². The van der Waals surface area contributed by atoms with E-state index in [0.717, 1.165) is 39.3 Å². The summed E-state index contributed by atoms with van der Waals surface area (Å²) < 4.78 is 81.3. The Balaban J connectivity index is 1.14. The minimum atomic E-state index is -0.918. The van der Waals surface area contributed by atoms with Crippen LogP contribution >= 0.6 is 0 Å². The lowest BCUT2D eigenvalue weighted by Gasteiger charge is -2.38. The molecule has 506 valence electrons. The SMILES string of the molecule is CC1CN1CC(O)COCCOCC(COCCOCC(O)CN1CC1C)(COCCOCC(O)CN1CC1C)COCC(COCCOCC(O)CN1CC1C)(COCCOCC(O)CN1CC1C)COC(C)(C)CCOCC(O)CN1CC1C. The first-order valence-corrected chi connectivity index (χ1v) is 32.3. The third-order valence-corrected chi connectivity index (χ3v) is 16.8. The normalized spacial score (nSPS) is 30.1. The van der Waals surface area contributed by atoms with E-state index in [1.54, 1.807) is 0 Å². The van der Waals surface area contributed by atoms with Crippen molar-refractivity contribution in [2.24, 2.45) is 10.8 Å². The summed E-state index contributed by atoms with van der Waals surface area (Å²) >= 11 is 0. The molecule has 6 rings (SSSR count). The summed E-state index contributed by atoms with van der Waals surface area (Å²) in [5.74, 6) is 0. The van der Waals surface area contributed by atoms with Crippen LogP contribution in [0.4, 0.5) is 0 Å². The summed E-state index contributed by atoms with van der Waals surface area (Å²) in [6.45, 7) is 30.9. The highest BCUT2D eigenvalue weighted by atomic mass is 16.6. The van der Waals surface area contributed by atoms with Gasteiger partial charge in [0.25, 0.3) is 0 Å². The Morgan fingerprint density at radius 3 is 0.698 bits per heavy atom. The third-order valence-electron chi connectivity index (χ3n) is 16.8. The van der Waals surface area contributed by atoms with Crippen LogP contribution in [0.1, 0.15) is 61.8 Å². The molecule has 0 bridgehead atoms. The minimum Gasteiger partial charge on any atom is -0.389 e. The third kappa shape index (κ3) is 32.0. The molecule has 0 aromatic heterocycles. The molecule has 86 heavy (non-hydrogen) atoms. The summed E-state index contributed by atoms with van der Waals surface area (Å²) in [5.41, 5.74) is -2.51. The number of rotatable bonds is 59. The lowest BCUT2D eigenvalue weighted by atomic mass is 9.90. The van der Waals surface area contributed by atoms with Crippen molar-refractivity contribution in [2.75, 3.05) is 244 Å². The Morgan fingerprint density at radius 2 is 0.477 bits per heavy atom. The molecule has 0 spiro atoms. The average molecular weight is 1240 g/mol. The zero-order valence-corrected chi connectivity index (χ0v) is 54.0. The number of aliphatic hydroxyl groups excluding tert-OH is 6. The molecular weight excluding hydrogens is 1120 g/mol. The summed E-state index contributed by atoms with van der Waals surface area (Å²) in [4.78, 5) is 13.1. The van der Waals surface area contributed by atoms with Gasteiger partial charge in [-0.3, -0.25) is 29.4 Å². The molecular formula is C61H118N6O19. The van der Waals surface area contributed by atoms with Crippen LogP contribution in [0.25, 0.3) is 0 Å². The molecule has 25 heteroatoms. The smallest absolute Gasteiger partial charge is 0.0900 e. The van der Waals surface area contributed by atoms with Gasteiger partial charge in [-0.15, -0.1) is 0 Å². The second kappa shape index (κ2) is 38.9. The van der Waals surface area contributed by atoms with Crippen LogP contribution < -0.4 is 0 Å². The number of hydrogen-bond donors (Lipinski definition) is 6. The Morgan fingerprint density at radius 1 is 0.291 bits per heavy atom. The van der Waals surface area contributed by atoms with E-state index in [1.807, 2.05) is 13.8 Å². The van der Waals surface area contributed by atoms with Crippen molar-refractivity contribution in [1.82, 2.24) is 29.4 Å². The summed E-state index contributed by atoms with van der Waals surface area (Å²) in [6, 6.07) is 2.86. The van der Waals surface area contributed by atoms with Crippen LogP contribution in [-0.4, -0.2) is 382 Å². The molecule has 0 radical (unpaired) electrons. The highest BCUT2D eigenvalue weighted by Crippen LogP contribution is 2.29. The molecule has 6 aliphatic heterocycles.